The molecule has 1 aromatic rings. The van der Waals surface area contributed by atoms with Crippen LogP contribution >= 0.6 is 0 Å². The average molecular weight is 290 g/mol. The van der Waals surface area contributed by atoms with Crippen LogP contribution in [0, 0.1) is 0 Å². The van der Waals surface area contributed by atoms with Crippen LogP contribution in [0.3, 0.4) is 0 Å². The van der Waals surface area contributed by atoms with Gasteiger partial charge in [-0.05, 0) is 63.7 Å². The minimum atomic E-state index is -0.723. The number of piperidine rings is 1. The molecule has 1 aliphatic heterocycles. The van der Waals surface area contributed by atoms with Crippen LogP contribution in [0.15, 0.2) is 24.3 Å². The van der Waals surface area contributed by atoms with E-state index in [-0.39, 0.29) is 12.1 Å². The summed E-state index contributed by atoms with van der Waals surface area (Å²) in [6.07, 6.45) is 1.63. The van der Waals surface area contributed by atoms with E-state index in [9.17, 15) is 4.79 Å². The first kappa shape index (κ1) is 15.8. The van der Waals surface area contributed by atoms with Crippen molar-refractivity contribution in [2.24, 2.45) is 5.73 Å². The first-order valence-electron chi connectivity index (χ1n) is 7.62. The van der Waals surface area contributed by atoms with E-state index in [4.69, 9.17) is 10.5 Å². The van der Waals surface area contributed by atoms with E-state index >= 15 is 0 Å². The second-order valence-electron chi connectivity index (χ2n) is 6.78. The third kappa shape index (κ3) is 4.46. The van der Waals surface area contributed by atoms with Crippen LogP contribution in [0.25, 0.3) is 0 Å². The Balaban J connectivity index is 1.97. The van der Waals surface area contributed by atoms with Crippen molar-refractivity contribution < 1.29 is 9.53 Å². The van der Waals surface area contributed by atoms with Gasteiger partial charge >= 0.3 is 6.09 Å². The topological polar surface area (TPSA) is 55.6 Å². The summed E-state index contributed by atoms with van der Waals surface area (Å²) in [5.41, 5.74) is 7.61. The zero-order valence-electron chi connectivity index (χ0n) is 13.3. The SMILES string of the molecule is CC(C)(C)N1CCC(c2cccc(COC(N)=O)c2)CC1. The highest BCUT2D eigenvalue weighted by Crippen LogP contribution is 2.31. The maximum atomic E-state index is 10.7. The van der Waals surface area contributed by atoms with Crippen LogP contribution in [0.2, 0.25) is 0 Å². The largest absolute Gasteiger partial charge is 0.445 e. The van der Waals surface area contributed by atoms with E-state index < -0.39 is 6.09 Å². The van der Waals surface area contributed by atoms with Crippen LogP contribution in [0.4, 0.5) is 4.79 Å². The first-order valence-corrected chi connectivity index (χ1v) is 7.62. The highest BCUT2D eigenvalue weighted by molar-refractivity contribution is 5.64. The van der Waals surface area contributed by atoms with Gasteiger partial charge in [0.15, 0.2) is 0 Å². The fraction of sp³-hybridized carbons (Fsp3) is 0.588. The summed E-state index contributed by atoms with van der Waals surface area (Å²) in [6, 6.07) is 8.31. The average Bonchev–Trinajstić information content (AvgIpc) is 2.45. The molecule has 1 saturated heterocycles. The summed E-state index contributed by atoms with van der Waals surface area (Å²) >= 11 is 0. The van der Waals surface area contributed by atoms with Gasteiger partial charge in [-0.25, -0.2) is 4.79 Å². The highest BCUT2D eigenvalue weighted by atomic mass is 16.5. The first-order chi connectivity index (χ1) is 9.86. The standard InChI is InChI=1S/C17H26N2O2/c1-17(2,3)19-9-7-14(8-10-19)15-6-4-5-13(11-15)12-21-16(18)20/h4-6,11,14H,7-10,12H2,1-3H3,(H2,18,20). The number of amides is 1. The lowest BCUT2D eigenvalue weighted by Crippen LogP contribution is -2.45. The Labute approximate surface area is 127 Å². The fourth-order valence-electron chi connectivity index (χ4n) is 2.97. The number of hydrogen-bond donors (Lipinski definition) is 1. The lowest BCUT2D eigenvalue weighted by Gasteiger charge is -2.41. The van der Waals surface area contributed by atoms with Gasteiger partial charge in [-0.15, -0.1) is 0 Å². The molecule has 0 spiro atoms. The van der Waals surface area contributed by atoms with Crippen molar-refractivity contribution in [1.29, 1.82) is 0 Å². The van der Waals surface area contributed by atoms with Crippen LogP contribution in [0.5, 0.6) is 0 Å². The molecule has 0 aliphatic carbocycles. The number of hydrogen-bond acceptors (Lipinski definition) is 3. The van der Waals surface area contributed by atoms with E-state index in [0.717, 1.165) is 18.7 Å². The van der Waals surface area contributed by atoms with Gasteiger partial charge in [-0.1, -0.05) is 24.3 Å². The third-order valence-corrected chi connectivity index (χ3v) is 4.25. The molecule has 0 bridgehead atoms. The van der Waals surface area contributed by atoms with E-state index in [2.05, 4.69) is 37.8 Å². The molecule has 1 heterocycles. The molecule has 0 atom stereocenters. The van der Waals surface area contributed by atoms with Gasteiger partial charge < -0.3 is 10.5 Å². The molecule has 116 valence electrons. The number of benzene rings is 1. The van der Waals surface area contributed by atoms with Crippen molar-refractivity contribution in [2.75, 3.05) is 13.1 Å². The molecule has 0 radical (unpaired) electrons. The molecule has 2 N–H and O–H groups in total. The van der Waals surface area contributed by atoms with Gasteiger partial charge in [0.25, 0.3) is 0 Å². The Morgan fingerprint density at radius 3 is 2.57 bits per heavy atom. The van der Waals surface area contributed by atoms with Gasteiger partial charge in [-0.3, -0.25) is 4.90 Å². The maximum absolute atomic E-state index is 10.7. The molecular formula is C17H26N2O2. The summed E-state index contributed by atoms with van der Waals surface area (Å²) in [7, 11) is 0. The van der Waals surface area contributed by atoms with Gasteiger partial charge in [0.1, 0.15) is 6.61 Å². The summed E-state index contributed by atoms with van der Waals surface area (Å²) in [6.45, 7) is 9.34. The van der Waals surface area contributed by atoms with Crippen molar-refractivity contribution in [3.05, 3.63) is 35.4 Å². The number of likely N-dealkylation sites (tertiary alicyclic amines) is 1. The van der Waals surface area contributed by atoms with Crippen molar-refractivity contribution in [2.45, 2.75) is 51.7 Å². The highest BCUT2D eigenvalue weighted by Gasteiger charge is 2.27. The Kier molecular flexibility index (Phi) is 4.88. The van der Waals surface area contributed by atoms with Crippen molar-refractivity contribution >= 4 is 6.09 Å². The predicted octanol–water partition coefficient (Wildman–Crippen LogP) is 3.26. The Morgan fingerprint density at radius 2 is 2.00 bits per heavy atom. The van der Waals surface area contributed by atoms with Crippen molar-refractivity contribution in [3.8, 4) is 0 Å². The molecule has 2 rings (SSSR count). The summed E-state index contributed by atoms with van der Waals surface area (Å²) in [5, 5.41) is 0. The zero-order chi connectivity index (χ0) is 15.5. The van der Waals surface area contributed by atoms with Gasteiger partial charge in [0, 0.05) is 5.54 Å². The minimum Gasteiger partial charge on any atom is -0.445 e. The van der Waals surface area contributed by atoms with E-state index in [0.29, 0.717) is 5.92 Å². The number of carbonyl (C=O) groups is 1. The Morgan fingerprint density at radius 1 is 1.33 bits per heavy atom. The maximum Gasteiger partial charge on any atom is 0.404 e. The van der Waals surface area contributed by atoms with Crippen molar-refractivity contribution in [1.82, 2.24) is 4.90 Å². The van der Waals surface area contributed by atoms with Crippen LogP contribution in [0.1, 0.15) is 50.7 Å². The van der Waals surface area contributed by atoms with Crippen molar-refractivity contribution in [3.63, 3.8) is 0 Å². The van der Waals surface area contributed by atoms with E-state index in [1.807, 2.05) is 12.1 Å². The van der Waals surface area contributed by atoms with Gasteiger partial charge in [-0.2, -0.15) is 0 Å². The summed E-state index contributed by atoms with van der Waals surface area (Å²) < 4.78 is 4.86. The van der Waals surface area contributed by atoms with Gasteiger partial charge in [0.05, 0.1) is 0 Å². The minimum absolute atomic E-state index is 0.252. The number of rotatable bonds is 3. The fourth-order valence-corrected chi connectivity index (χ4v) is 2.97. The zero-order valence-corrected chi connectivity index (χ0v) is 13.3. The lowest BCUT2D eigenvalue weighted by atomic mass is 9.87. The van der Waals surface area contributed by atoms with E-state index in [1.54, 1.807) is 0 Å². The Hall–Kier alpha value is -1.55. The molecule has 0 aromatic heterocycles. The molecule has 1 aliphatic rings. The summed E-state index contributed by atoms with van der Waals surface area (Å²) in [5.74, 6) is 0.595. The molecule has 4 heteroatoms. The van der Waals surface area contributed by atoms with Crippen LogP contribution in [-0.4, -0.2) is 29.6 Å². The number of nitrogens with two attached hydrogens (primary N) is 1. The second-order valence-corrected chi connectivity index (χ2v) is 6.78. The molecule has 1 aromatic carbocycles. The quantitative estimate of drug-likeness (QED) is 0.929. The molecule has 4 nitrogen and oxygen atoms in total. The predicted molar refractivity (Wildman–Crippen MR) is 84.1 cm³/mol. The lowest BCUT2D eigenvalue weighted by molar-refractivity contribution is 0.102. The Bertz CT molecular complexity index is 486. The smallest absolute Gasteiger partial charge is 0.404 e. The molecule has 0 saturated carbocycles. The summed E-state index contributed by atoms with van der Waals surface area (Å²) in [4.78, 5) is 13.2. The van der Waals surface area contributed by atoms with Crippen LogP contribution in [-0.2, 0) is 11.3 Å². The molecule has 1 fully saturated rings. The molecule has 0 unspecified atom stereocenters. The van der Waals surface area contributed by atoms with Crippen LogP contribution < -0.4 is 5.73 Å². The number of carbonyl (C=O) groups excluding carboxylic acids is 1. The normalized spacial score (nSPS) is 17.7. The number of nitrogens with zero attached hydrogens (tertiary/aromatic N) is 1. The second kappa shape index (κ2) is 6.48. The van der Waals surface area contributed by atoms with Gasteiger partial charge in [0.2, 0.25) is 0 Å². The monoisotopic (exact) mass is 290 g/mol. The molecule has 21 heavy (non-hydrogen) atoms. The third-order valence-electron chi connectivity index (χ3n) is 4.25. The number of primary amides is 1. The van der Waals surface area contributed by atoms with E-state index in [1.165, 1.54) is 18.4 Å². The molecule has 1 amide bonds. The molecular weight excluding hydrogens is 264 g/mol. The number of ether oxygens (including phenoxy) is 1.